The van der Waals surface area contributed by atoms with Gasteiger partial charge in [-0.1, -0.05) is 79.8 Å². The number of carboxylic acids is 3. The number of carboxylic acid groups (broad SMARTS) is 3. The van der Waals surface area contributed by atoms with E-state index >= 15 is 0 Å². The van der Waals surface area contributed by atoms with E-state index in [9.17, 15) is 29.1 Å². The smallest absolute Gasteiger partial charge is 0.322 e. The quantitative estimate of drug-likeness (QED) is 0.0563. The van der Waals surface area contributed by atoms with Crippen molar-refractivity contribution in [1.29, 1.82) is 0 Å². The van der Waals surface area contributed by atoms with Gasteiger partial charge in [0.2, 0.25) is 11.8 Å². The predicted octanol–water partition coefficient (Wildman–Crippen LogP) is 3.11. The number of thioether (sulfide) groups is 1. The zero-order valence-electron chi connectivity index (χ0n) is 25.6. The van der Waals surface area contributed by atoms with Crippen LogP contribution < -0.4 is 16.4 Å². The van der Waals surface area contributed by atoms with E-state index < -0.39 is 59.7 Å². The van der Waals surface area contributed by atoms with Crippen LogP contribution in [0.3, 0.4) is 0 Å². The van der Waals surface area contributed by atoms with E-state index in [4.69, 9.17) is 21.1 Å². The van der Waals surface area contributed by atoms with Gasteiger partial charge in [-0.3, -0.25) is 24.0 Å². The Balaban J connectivity index is 5.52. The lowest BCUT2D eigenvalue weighted by Crippen LogP contribution is -2.50. The highest BCUT2D eigenvalue weighted by molar-refractivity contribution is 8.00. The van der Waals surface area contributed by atoms with Gasteiger partial charge in [-0.15, -0.1) is 11.8 Å². The zero-order chi connectivity index (χ0) is 33.9. The summed E-state index contributed by atoms with van der Waals surface area (Å²) in [6.07, 6.45) is 24.3. The molecule has 2 amide bonds. The minimum Gasteiger partial charge on any atom is -0.481 e. The number of nitrogens with one attached hydrogen (secondary N) is 2. The second-order valence-electron chi connectivity index (χ2n) is 9.74. The van der Waals surface area contributed by atoms with E-state index in [1.54, 1.807) is 24.3 Å². The summed E-state index contributed by atoms with van der Waals surface area (Å²) in [6.45, 7) is 1.38. The second kappa shape index (κ2) is 26.5. The van der Waals surface area contributed by atoms with Gasteiger partial charge in [0, 0.05) is 23.8 Å². The number of hydrogen-bond donors (Lipinski definition) is 7. The lowest BCUT2D eigenvalue weighted by Gasteiger charge is -2.23. The van der Waals surface area contributed by atoms with E-state index in [2.05, 4.69) is 10.6 Å². The first-order valence-electron chi connectivity index (χ1n) is 14.7. The standard InChI is InChI=1S/C32H47N3O9S/c1-2-3-4-5-11-14-17-26(36)27(18-15-12-9-7-6-8-10-13-16-19-29(38)39)45-23-25(31(42)34-22-30(40)41)35-28(37)21-20-24(33)32(43)44/h3-4,6-7,9-15,18,24-27,36H,2,5,8,16-17,19-23,33H2,1H3,(H,34,42)(H,35,37)(H,38,39)(H,40,41)(H,43,44)/t24-,25-,26-,27+/m0/s1. The minimum atomic E-state index is -1.26. The first kappa shape index (κ1) is 41.1. The van der Waals surface area contributed by atoms with Crippen LogP contribution in [0.2, 0.25) is 0 Å². The molecule has 0 aromatic heterocycles. The van der Waals surface area contributed by atoms with Crippen molar-refractivity contribution in [2.75, 3.05) is 12.3 Å². The van der Waals surface area contributed by atoms with Gasteiger partial charge in [0.1, 0.15) is 18.6 Å². The molecule has 0 spiro atoms. The molecule has 0 rings (SSSR count). The third-order valence-corrected chi connectivity index (χ3v) is 7.23. The molecule has 0 aliphatic carbocycles. The number of allylic oxidation sites excluding steroid dienone is 10. The van der Waals surface area contributed by atoms with Crippen LogP contribution in [0.25, 0.3) is 0 Å². The first-order chi connectivity index (χ1) is 21.5. The molecule has 0 aliphatic heterocycles. The highest BCUT2D eigenvalue weighted by Gasteiger charge is 2.25. The lowest BCUT2D eigenvalue weighted by atomic mass is 10.1. The molecule has 4 atom stereocenters. The summed E-state index contributed by atoms with van der Waals surface area (Å²) in [7, 11) is 0. The number of hydrogen-bond acceptors (Lipinski definition) is 8. The Labute approximate surface area is 268 Å². The van der Waals surface area contributed by atoms with Gasteiger partial charge < -0.3 is 36.8 Å². The fourth-order valence-electron chi connectivity index (χ4n) is 3.41. The monoisotopic (exact) mass is 649 g/mol. The maximum atomic E-state index is 12.7. The summed E-state index contributed by atoms with van der Waals surface area (Å²) < 4.78 is 0. The molecule has 0 fully saturated rings. The van der Waals surface area contributed by atoms with E-state index in [-0.39, 0.29) is 25.0 Å². The van der Waals surface area contributed by atoms with Gasteiger partial charge in [0.05, 0.1) is 6.10 Å². The van der Waals surface area contributed by atoms with Crippen molar-refractivity contribution in [3.63, 3.8) is 0 Å². The Morgan fingerprint density at radius 3 is 2.16 bits per heavy atom. The maximum absolute atomic E-state index is 12.7. The van der Waals surface area contributed by atoms with E-state index in [0.29, 0.717) is 19.3 Å². The van der Waals surface area contributed by atoms with Crippen molar-refractivity contribution in [1.82, 2.24) is 10.6 Å². The minimum absolute atomic E-state index is 0.00494. The average molecular weight is 650 g/mol. The Morgan fingerprint density at radius 2 is 1.49 bits per heavy atom. The van der Waals surface area contributed by atoms with Gasteiger partial charge in [-0.25, -0.2) is 0 Å². The molecule has 0 aromatic carbocycles. The average Bonchev–Trinajstić information content (AvgIpc) is 2.99. The molecule has 8 N–H and O–H groups in total. The molecular weight excluding hydrogens is 602 g/mol. The largest absolute Gasteiger partial charge is 0.481 e. The molecule has 250 valence electrons. The summed E-state index contributed by atoms with van der Waals surface area (Å²) in [5.74, 6) is -4.73. The molecule has 12 nitrogen and oxygen atoms in total. The molecule has 0 unspecified atom stereocenters. The van der Waals surface area contributed by atoms with Gasteiger partial charge in [-0.05, 0) is 38.5 Å². The summed E-state index contributed by atoms with van der Waals surface area (Å²) in [5, 5.41) is 41.7. The molecule has 0 saturated carbocycles. The second-order valence-corrected chi connectivity index (χ2v) is 11.0. The number of aliphatic hydroxyl groups excluding tert-OH is 1. The van der Waals surface area contributed by atoms with Crippen molar-refractivity contribution in [3.8, 4) is 0 Å². The van der Waals surface area contributed by atoms with Crippen LogP contribution in [-0.4, -0.2) is 85.9 Å². The highest BCUT2D eigenvalue weighted by atomic mass is 32.2. The molecule has 0 heterocycles. The van der Waals surface area contributed by atoms with Crippen molar-refractivity contribution in [3.05, 3.63) is 72.9 Å². The van der Waals surface area contributed by atoms with Crippen LogP contribution in [0.5, 0.6) is 0 Å². The summed E-state index contributed by atoms with van der Waals surface area (Å²) >= 11 is 1.20. The summed E-state index contributed by atoms with van der Waals surface area (Å²) in [6, 6.07) is -2.40. The Kier molecular flexibility index (Phi) is 24.1. The molecule has 0 saturated heterocycles. The molecule has 0 aromatic rings. The van der Waals surface area contributed by atoms with E-state index in [0.717, 1.165) is 12.8 Å². The van der Waals surface area contributed by atoms with Crippen LogP contribution in [0.4, 0.5) is 0 Å². The fraction of sp³-hybridized carbons (Fsp3) is 0.469. The van der Waals surface area contributed by atoms with Gasteiger partial charge in [-0.2, -0.15) is 0 Å². The fourth-order valence-corrected chi connectivity index (χ4v) is 4.60. The number of carbonyl (C=O) groups is 5. The van der Waals surface area contributed by atoms with E-state index in [1.165, 1.54) is 11.8 Å². The topological polar surface area (TPSA) is 216 Å². The molecule has 45 heavy (non-hydrogen) atoms. The SMILES string of the molecule is CCC=CCC=CC[C@H](O)[C@@H](C=CC=CC=CCC=CCCC(=O)O)SC[C@H](NC(=O)CC[C@H](N)C(=O)O)C(=O)NCC(=O)O. The number of aliphatic carboxylic acids is 3. The number of aliphatic hydroxyl groups is 1. The van der Waals surface area contributed by atoms with Crippen LogP contribution in [-0.2, 0) is 24.0 Å². The van der Waals surface area contributed by atoms with Crippen molar-refractivity contribution in [2.45, 2.75) is 81.7 Å². The summed E-state index contributed by atoms with van der Waals surface area (Å²) in [4.78, 5) is 57.6. The van der Waals surface area contributed by atoms with Gasteiger partial charge >= 0.3 is 17.9 Å². The predicted molar refractivity (Wildman–Crippen MR) is 176 cm³/mol. The van der Waals surface area contributed by atoms with Crippen molar-refractivity contribution in [2.24, 2.45) is 5.73 Å². The van der Waals surface area contributed by atoms with Crippen LogP contribution in [0.1, 0.15) is 58.3 Å². The Bertz CT molecular complexity index is 1100. The highest BCUT2D eigenvalue weighted by Crippen LogP contribution is 2.21. The maximum Gasteiger partial charge on any atom is 0.322 e. The van der Waals surface area contributed by atoms with Crippen molar-refractivity contribution < 1.29 is 44.4 Å². The third-order valence-electron chi connectivity index (χ3n) is 5.85. The van der Waals surface area contributed by atoms with E-state index in [1.807, 2.05) is 55.5 Å². The molecule has 0 bridgehead atoms. The van der Waals surface area contributed by atoms with Gasteiger partial charge in [0.15, 0.2) is 0 Å². The summed E-state index contributed by atoms with van der Waals surface area (Å²) in [5.41, 5.74) is 5.46. The third kappa shape index (κ3) is 24.1. The van der Waals surface area contributed by atoms with Crippen LogP contribution in [0.15, 0.2) is 72.9 Å². The molecule has 0 aliphatic rings. The number of nitrogens with two attached hydrogens (primary N) is 1. The normalized spacial score (nSPS) is 14.9. The Morgan fingerprint density at radius 1 is 0.822 bits per heavy atom. The number of rotatable bonds is 25. The number of carbonyl (C=O) groups excluding carboxylic acids is 2. The first-order valence-corrected chi connectivity index (χ1v) is 15.8. The van der Waals surface area contributed by atoms with Crippen LogP contribution in [0, 0.1) is 0 Å². The van der Waals surface area contributed by atoms with Crippen molar-refractivity contribution >= 4 is 41.5 Å². The van der Waals surface area contributed by atoms with Crippen LogP contribution >= 0.6 is 11.8 Å². The lowest BCUT2D eigenvalue weighted by molar-refractivity contribution is -0.139. The molecule has 13 heteroatoms. The zero-order valence-corrected chi connectivity index (χ0v) is 26.4. The van der Waals surface area contributed by atoms with Gasteiger partial charge in [0.25, 0.3) is 0 Å². The Hall–Kier alpha value is -3.94. The molecular formula is C32H47N3O9S. The number of amides is 2. The molecule has 0 radical (unpaired) electrons.